The molecular formula is C17H19ClN4OS. The second-order valence-electron chi connectivity index (χ2n) is 5.62. The molecule has 0 spiro atoms. The summed E-state index contributed by atoms with van der Waals surface area (Å²) in [6, 6.07) is 9.92. The number of halogens is 1. The van der Waals surface area contributed by atoms with Crippen molar-refractivity contribution in [2.45, 2.75) is 13.0 Å². The van der Waals surface area contributed by atoms with Gasteiger partial charge in [-0.15, -0.1) is 11.3 Å². The van der Waals surface area contributed by atoms with Crippen molar-refractivity contribution in [3.8, 4) is 6.07 Å². The molecule has 0 aliphatic rings. The van der Waals surface area contributed by atoms with Crippen molar-refractivity contribution in [3.05, 3.63) is 51.4 Å². The molecule has 2 N–H and O–H groups in total. The van der Waals surface area contributed by atoms with E-state index in [2.05, 4.69) is 34.9 Å². The van der Waals surface area contributed by atoms with Crippen molar-refractivity contribution in [1.29, 1.82) is 5.26 Å². The monoisotopic (exact) mass is 362 g/mol. The van der Waals surface area contributed by atoms with Crippen molar-refractivity contribution < 1.29 is 4.79 Å². The first-order valence-corrected chi connectivity index (χ1v) is 8.63. The number of hydrogen-bond donors (Lipinski definition) is 2. The maximum absolute atomic E-state index is 12.1. The molecule has 0 unspecified atom stereocenters. The molecule has 1 heterocycles. The summed E-state index contributed by atoms with van der Waals surface area (Å²) in [4.78, 5) is 14.2. The fourth-order valence-corrected chi connectivity index (χ4v) is 3.35. The summed E-state index contributed by atoms with van der Waals surface area (Å²) in [5.41, 5.74) is 2.61. The lowest BCUT2D eigenvalue weighted by Gasteiger charge is -2.25. The molecule has 0 fully saturated rings. The Labute approximate surface area is 150 Å². The number of rotatable bonds is 5. The molecule has 126 valence electrons. The average molecular weight is 363 g/mol. The number of urea groups is 1. The third-order valence-corrected chi connectivity index (χ3v) is 4.95. The number of carbonyl (C=O) groups is 1. The molecule has 0 saturated heterocycles. The number of anilines is 1. The van der Waals surface area contributed by atoms with Crippen LogP contribution in [0.4, 0.5) is 9.80 Å². The normalized spacial score (nSPS) is 11.8. The number of amides is 2. The topological polar surface area (TPSA) is 68.2 Å². The lowest BCUT2D eigenvalue weighted by molar-refractivity contribution is 0.243. The Kier molecular flexibility index (Phi) is 6.21. The summed E-state index contributed by atoms with van der Waals surface area (Å²) >= 11 is 7.13. The largest absolute Gasteiger partial charge is 0.336 e. The smallest absolute Gasteiger partial charge is 0.319 e. The maximum Gasteiger partial charge on any atom is 0.319 e. The Bertz CT molecular complexity index is 749. The van der Waals surface area contributed by atoms with Crippen LogP contribution in [0.5, 0.6) is 0 Å². The summed E-state index contributed by atoms with van der Waals surface area (Å²) in [5, 5.41) is 17.0. The Morgan fingerprint density at radius 3 is 2.62 bits per heavy atom. The quantitative estimate of drug-likeness (QED) is 0.844. The van der Waals surface area contributed by atoms with E-state index in [9.17, 15) is 4.79 Å². The predicted molar refractivity (Wildman–Crippen MR) is 98.7 cm³/mol. The number of likely N-dealkylation sites (N-methyl/N-ethyl adjacent to an activating group) is 1. The molecule has 1 aromatic heterocycles. The fraction of sp³-hybridized carbons (Fsp3) is 0.294. The standard InChI is InChI=1S/C17H19ClN4OS/c1-11-4-6-12(7-5-11)15(22(2)3)9-20-17(23)21-16-13(8-19)14(18)10-24-16/h4-7,10,15H,9H2,1-3H3,(H2,20,21,23)/t15-/m0/s1. The number of thiophene rings is 1. The van der Waals surface area contributed by atoms with Crippen LogP contribution < -0.4 is 10.6 Å². The molecule has 1 atom stereocenters. The van der Waals surface area contributed by atoms with Gasteiger partial charge in [-0.2, -0.15) is 5.26 Å². The summed E-state index contributed by atoms with van der Waals surface area (Å²) in [6.07, 6.45) is 0. The Hall–Kier alpha value is -2.07. The van der Waals surface area contributed by atoms with Gasteiger partial charge in [0.1, 0.15) is 16.6 Å². The van der Waals surface area contributed by atoms with E-state index in [0.29, 0.717) is 22.1 Å². The van der Waals surface area contributed by atoms with Gasteiger partial charge in [-0.25, -0.2) is 4.79 Å². The van der Waals surface area contributed by atoms with E-state index >= 15 is 0 Å². The molecule has 0 aliphatic heterocycles. The van der Waals surface area contributed by atoms with Gasteiger partial charge >= 0.3 is 6.03 Å². The number of aryl methyl sites for hydroxylation is 1. The van der Waals surface area contributed by atoms with Crippen LogP contribution >= 0.6 is 22.9 Å². The van der Waals surface area contributed by atoms with Crippen LogP contribution in [0.15, 0.2) is 29.6 Å². The van der Waals surface area contributed by atoms with Crippen LogP contribution in [0.1, 0.15) is 22.7 Å². The van der Waals surface area contributed by atoms with E-state index in [1.54, 1.807) is 5.38 Å². The number of nitrogens with zero attached hydrogens (tertiary/aromatic N) is 2. The summed E-state index contributed by atoms with van der Waals surface area (Å²) in [7, 11) is 3.94. The van der Waals surface area contributed by atoms with Crippen LogP contribution in [0.25, 0.3) is 0 Å². The van der Waals surface area contributed by atoms with Gasteiger partial charge in [0.2, 0.25) is 0 Å². The van der Waals surface area contributed by atoms with Gasteiger partial charge in [0.05, 0.1) is 11.1 Å². The Balaban J connectivity index is 2.00. The van der Waals surface area contributed by atoms with Gasteiger partial charge < -0.3 is 10.2 Å². The molecule has 5 nitrogen and oxygen atoms in total. The minimum absolute atomic E-state index is 0.0544. The van der Waals surface area contributed by atoms with Gasteiger partial charge in [0.15, 0.2) is 0 Å². The number of carbonyl (C=O) groups excluding carboxylic acids is 1. The highest BCUT2D eigenvalue weighted by Gasteiger charge is 2.17. The van der Waals surface area contributed by atoms with Crippen molar-refractivity contribution >= 4 is 34.0 Å². The summed E-state index contributed by atoms with van der Waals surface area (Å²) in [5.74, 6) is 0. The molecule has 2 amide bonds. The van der Waals surface area contributed by atoms with Crippen LogP contribution in [-0.4, -0.2) is 31.6 Å². The van der Waals surface area contributed by atoms with Crippen LogP contribution in [0.2, 0.25) is 5.02 Å². The highest BCUT2D eigenvalue weighted by molar-refractivity contribution is 7.15. The van der Waals surface area contributed by atoms with Crippen LogP contribution in [0, 0.1) is 18.3 Å². The molecule has 2 aromatic rings. The number of nitriles is 1. The fourth-order valence-electron chi connectivity index (χ4n) is 2.26. The zero-order valence-corrected chi connectivity index (χ0v) is 15.3. The zero-order valence-electron chi connectivity index (χ0n) is 13.8. The van der Waals surface area contributed by atoms with Gasteiger partial charge in [-0.1, -0.05) is 41.4 Å². The van der Waals surface area contributed by atoms with Crippen molar-refractivity contribution in [3.63, 3.8) is 0 Å². The number of benzene rings is 1. The van der Waals surface area contributed by atoms with E-state index < -0.39 is 0 Å². The molecule has 0 radical (unpaired) electrons. The van der Waals surface area contributed by atoms with Gasteiger partial charge in [0, 0.05) is 11.9 Å². The molecule has 2 rings (SSSR count). The summed E-state index contributed by atoms with van der Waals surface area (Å²) in [6.45, 7) is 2.49. The van der Waals surface area contributed by atoms with E-state index in [4.69, 9.17) is 16.9 Å². The van der Waals surface area contributed by atoms with Crippen molar-refractivity contribution in [2.24, 2.45) is 0 Å². The average Bonchev–Trinajstić information content (AvgIpc) is 2.88. The second kappa shape index (κ2) is 8.15. The molecular weight excluding hydrogens is 344 g/mol. The van der Waals surface area contributed by atoms with E-state index in [0.717, 1.165) is 5.56 Å². The molecule has 24 heavy (non-hydrogen) atoms. The SMILES string of the molecule is Cc1ccc([C@H](CNC(=O)Nc2scc(Cl)c2C#N)N(C)C)cc1. The highest BCUT2D eigenvalue weighted by atomic mass is 35.5. The van der Waals surface area contributed by atoms with Crippen LogP contribution in [-0.2, 0) is 0 Å². The number of hydrogen-bond acceptors (Lipinski definition) is 4. The van der Waals surface area contributed by atoms with Gasteiger partial charge in [0.25, 0.3) is 0 Å². The lowest BCUT2D eigenvalue weighted by atomic mass is 10.0. The van der Waals surface area contributed by atoms with Crippen molar-refractivity contribution in [1.82, 2.24) is 10.2 Å². The molecule has 1 aromatic carbocycles. The van der Waals surface area contributed by atoms with E-state index in [1.165, 1.54) is 16.9 Å². The molecule has 0 saturated carbocycles. The third-order valence-electron chi connectivity index (χ3n) is 3.63. The minimum atomic E-state index is -0.357. The highest BCUT2D eigenvalue weighted by Crippen LogP contribution is 2.30. The number of nitrogens with one attached hydrogen (secondary N) is 2. The molecule has 7 heteroatoms. The Morgan fingerprint density at radius 2 is 2.04 bits per heavy atom. The first-order valence-electron chi connectivity index (χ1n) is 7.37. The molecule has 0 bridgehead atoms. The predicted octanol–water partition coefficient (Wildman–Crippen LogP) is 4.01. The van der Waals surface area contributed by atoms with Gasteiger partial charge in [-0.3, -0.25) is 5.32 Å². The second-order valence-corrected chi connectivity index (χ2v) is 6.91. The van der Waals surface area contributed by atoms with Crippen molar-refractivity contribution in [2.75, 3.05) is 26.0 Å². The zero-order chi connectivity index (χ0) is 17.7. The first kappa shape index (κ1) is 18.3. The van der Waals surface area contributed by atoms with E-state index in [1.807, 2.05) is 32.0 Å². The maximum atomic E-state index is 12.1. The molecule has 0 aliphatic carbocycles. The Morgan fingerprint density at radius 1 is 1.38 bits per heavy atom. The van der Waals surface area contributed by atoms with Crippen LogP contribution in [0.3, 0.4) is 0 Å². The lowest BCUT2D eigenvalue weighted by Crippen LogP contribution is -2.36. The van der Waals surface area contributed by atoms with E-state index in [-0.39, 0.29) is 12.1 Å². The summed E-state index contributed by atoms with van der Waals surface area (Å²) < 4.78 is 0. The first-order chi connectivity index (χ1) is 11.4. The van der Waals surface area contributed by atoms with Gasteiger partial charge in [-0.05, 0) is 26.6 Å². The minimum Gasteiger partial charge on any atom is -0.336 e. The third kappa shape index (κ3) is 4.48.